The predicted octanol–water partition coefficient (Wildman–Crippen LogP) is 4.00. The lowest BCUT2D eigenvalue weighted by Gasteiger charge is -2.11. The van der Waals surface area contributed by atoms with Crippen LogP contribution in [0.4, 0.5) is 5.69 Å². The summed E-state index contributed by atoms with van der Waals surface area (Å²) in [5.41, 5.74) is 0.288. The number of hydrogen-bond donors (Lipinski definition) is 2. The normalized spacial score (nSPS) is 11.5. The van der Waals surface area contributed by atoms with Crippen molar-refractivity contribution in [3.63, 3.8) is 0 Å². The number of rotatable bonds is 3. The van der Waals surface area contributed by atoms with E-state index in [1.165, 1.54) is 18.2 Å². The average molecular weight is 334 g/mol. The Bertz CT molecular complexity index is 949. The molecule has 3 rings (SSSR count). The van der Waals surface area contributed by atoms with Gasteiger partial charge in [0.05, 0.1) is 15.6 Å². The quantitative estimate of drug-likeness (QED) is 0.712. The van der Waals surface area contributed by atoms with E-state index in [1.54, 1.807) is 24.3 Å². The zero-order chi connectivity index (χ0) is 15.7. The standard InChI is InChI=1S/C16H12ClNO3S/c17-14-10-12(8-9-15(14)19)18-22(20,21)16-7-3-5-11-4-1-2-6-13(11)16/h1-10,18-19H. The Hall–Kier alpha value is -2.24. The van der Waals surface area contributed by atoms with E-state index in [4.69, 9.17) is 11.6 Å². The summed E-state index contributed by atoms with van der Waals surface area (Å²) in [6, 6.07) is 16.5. The molecule has 0 fully saturated rings. The summed E-state index contributed by atoms with van der Waals surface area (Å²) < 4.78 is 27.7. The van der Waals surface area contributed by atoms with Gasteiger partial charge in [-0.05, 0) is 29.7 Å². The monoisotopic (exact) mass is 333 g/mol. The summed E-state index contributed by atoms with van der Waals surface area (Å²) in [6.07, 6.45) is 0. The van der Waals surface area contributed by atoms with Crippen molar-refractivity contribution < 1.29 is 13.5 Å². The Labute approximate surface area is 133 Å². The summed E-state index contributed by atoms with van der Waals surface area (Å²) >= 11 is 5.80. The highest BCUT2D eigenvalue weighted by Crippen LogP contribution is 2.29. The fourth-order valence-corrected chi connectivity index (χ4v) is 3.67. The van der Waals surface area contributed by atoms with Crippen molar-refractivity contribution in [3.05, 3.63) is 65.7 Å². The fourth-order valence-electron chi connectivity index (χ4n) is 2.21. The molecule has 112 valence electrons. The van der Waals surface area contributed by atoms with Crippen molar-refractivity contribution in [2.24, 2.45) is 0 Å². The van der Waals surface area contributed by atoms with E-state index in [9.17, 15) is 13.5 Å². The highest BCUT2D eigenvalue weighted by atomic mass is 35.5. The summed E-state index contributed by atoms with van der Waals surface area (Å²) in [4.78, 5) is 0.190. The predicted molar refractivity (Wildman–Crippen MR) is 87.9 cm³/mol. The van der Waals surface area contributed by atoms with Crippen LogP contribution in [0, 0.1) is 0 Å². The van der Waals surface area contributed by atoms with Crippen molar-refractivity contribution in [1.82, 2.24) is 0 Å². The molecule has 0 bridgehead atoms. The highest BCUT2D eigenvalue weighted by molar-refractivity contribution is 7.93. The number of halogens is 1. The molecule has 0 radical (unpaired) electrons. The molecule has 0 aliphatic carbocycles. The first-order valence-corrected chi connectivity index (χ1v) is 8.32. The molecule has 0 unspecified atom stereocenters. The Morgan fingerprint density at radius 1 is 0.955 bits per heavy atom. The third-order valence-corrected chi connectivity index (χ3v) is 4.98. The molecule has 3 aromatic rings. The van der Waals surface area contributed by atoms with Crippen molar-refractivity contribution in [3.8, 4) is 5.75 Å². The number of benzene rings is 3. The number of phenolic OH excluding ortho intramolecular Hbond substituents is 1. The number of aromatic hydroxyl groups is 1. The van der Waals surface area contributed by atoms with Crippen LogP contribution in [-0.4, -0.2) is 13.5 Å². The summed E-state index contributed by atoms with van der Waals surface area (Å²) in [6.45, 7) is 0. The van der Waals surface area contributed by atoms with Crippen LogP contribution >= 0.6 is 11.6 Å². The molecule has 6 heteroatoms. The van der Waals surface area contributed by atoms with Crippen LogP contribution in [0.2, 0.25) is 5.02 Å². The highest BCUT2D eigenvalue weighted by Gasteiger charge is 2.17. The van der Waals surface area contributed by atoms with Gasteiger partial charge in [0.15, 0.2) is 0 Å². The molecule has 0 heterocycles. The lowest BCUT2D eigenvalue weighted by molar-refractivity contribution is 0.475. The van der Waals surface area contributed by atoms with Crippen LogP contribution in [0.3, 0.4) is 0 Å². The molecule has 0 aliphatic rings. The van der Waals surface area contributed by atoms with Crippen LogP contribution in [0.15, 0.2) is 65.6 Å². The van der Waals surface area contributed by atoms with Gasteiger partial charge in [0.1, 0.15) is 5.75 Å². The van der Waals surface area contributed by atoms with E-state index in [0.29, 0.717) is 5.39 Å². The second-order valence-electron chi connectivity index (χ2n) is 4.75. The molecule has 0 aliphatic heterocycles. The van der Waals surface area contributed by atoms with Gasteiger partial charge >= 0.3 is 0 Å². The van der Waals surface area contributed by atoms with Gasteiger partial charge in [-0.15, -0.1) is 0 Å². The fraction of sp³-hybridized carbons (Fsp3) is 0. The Morgan fingerprint density at radius 2 is 1.68 bits per heavy atom. The van der Waals surface area contributed by atoms with Crippen LogP contribution < -0.4 is 4.72 Å². The van der Waals surface area contributed by atoms with Crippen LogP contribution in [0.1, 0.15) is 0 Å². The van der Waals surface area contributed by atoms with Crippen LogP contribution in [0.5, 0.6) is 5.75 Å². The molecular formula is C16H12ClNO3S. The maximum Gasteiger partial charge on any atom is 0.262 e. The number of anilines is 1. The topological polar surface area (TPSA) is 66.4 Å². The summed E-state index contributed by atoms with van der Waals surface area (Å²) in [5.74, 6) is -0.102. The zero-order valence-electron chi connectivity index (χ0n) is 11.3. The number of phenols is 1. The van der Waals surface area contributed by atoms with Crippen LogP contribution in [0.25, 0.3) is 10.8 Å². The van der Waals surface area contributed by atoms with Gasteiger partial charge in [0.25, 0.3) is 10.0 Å². The Balaban J connectivity index is 2.07. The second kappa shape index (κ2) is 5.51. The van der Waals surface area contributed by atoms with Crippen LogP contribution in [-0.2, 0) is 10.0 Å². The van der Waals surface area contributed by atoms with Gasteiger partial charge in [-0.25, -0.2) is 8.42 Å². The molecule has 0 saturated carbocycles. The molecule has 0 amide bonds. The minimum absolute atomic E-state index is 0.0816. The van der Waals surface area contributed by atoms with Crippen molar-refractivity contribution >= 4 is 38.1 Å². The third kappa shape index (κ3) is 2.73. The average Bonchev–Trinajstić information content (AvgIpc) is 2.50. The Kier molecular flexibility index (Phi) is 3.68. The largest absolute Gasteiger partial charge is 0.506 e. The first kappa shape index (κ1) is 14.7. The molecule has 0 saturated heterocycles. The molecule has 2 N–H and O–H groups in total. The molecule has 0 atom stereocenters. The zero-order valence-corrected chi connectivity index (χ0v) is 12.9. The third-order valence-electron chi connectivity index (χ3n) is 3.24. The summed E-state index contributed by atoms with van der Waals surface area (Å²) in [5, 5.41) is 11.0. The summed E-state index contributed by atoms with van der Waals surface area (Å²) in [7, 11) is -3.76. The number of sulfonamides is 1. The molecule has 22 heavy (non-hydrogen) atoms. The van der Waals surface area contributed by atoms with Crippen molar-refractivity contribution in [2.45, 2.75) is 4.90 Å². The van der Waals surface area contributed by atoms with E-state index < -0.39 is 10.0 Å². The van der Waals surface area contributed by atoms with E-state index in [0.717, 1.165) is 5.39 Å². The number of nitrogens with one attached hydrogen (secondary N) is 1. The van der Waals surface area contributed by atoms with Gasteiger partial charge in [-0.3, -0.25) is 4.72 Å². The molecule has 0 spiro atoms. The first-order chi connectivity index (χ1) is 10.5. The lowest BCUT2D eigenvalue weighted by Crippen LogP contribution is -2.13. The lowest BCUT2D eigenvalue weighted by atomic mass is 10.1. The van der Waals surface area contributed by atoms with E-state index in [2.05, 4.69) is 4.72 Å². The maximum absolute atomic E-state index is 12.6. The van der Waals surface area contributed by atoms with Gasteiger partial charge in [-0.1, -0.05) is 48.0 Å². The molecule has 4 nitrogen and oxygen atoms in total. The van der Waals surface area contributed by atoms with Gasteiger partial charge in [-0.2, -0.15) is 0 Å². The number of fused-ring (bicyclic) bond motifs is 1. The van der Waals surface area contributed by atoms with Gasteiger partial charge in [0.2, 0.25) is 0 Å². The maximum atomic E-state index is 12.6. The first-order valence-electron chi connectivity index (χ1n) is 6.46. The number of hydrogen-bond acceptors (Lipinski definition) is 3. The molecule has 0 aromatic heterocycles. The van der Waals surface area contributed by atoms with Gasteiger partial charge in [0, 0.05) is 5.39 Å². The second-order valence-corrected chi connectivity index (χ2v) is 6.81. The molecular weight excluding hydrogens is 322 g/mol. The SMILES string of the molecule is O=S(=O)(Nc1ccc(O)c(Cl)c1)c1cccc2ccccc12. The smallest absolute Gasteiger partial charge is 0.262 e. The van der Waals surface area contributed by atoms with E-state index in [1.807, 2.05) is 18.2 Å². The van der Waals surface area contributed by atoms with Crippen molar-refractivity contribution in [1.29, 1.82) is 0 Å². The molecule has 3 aromatic carbocycles. The minimum atomic E-state index is -3.76. The van der Waals surface area contributed by atoms with E-state index >= 15 is 0 Å². The van der Waals surface area contributed by atoms with Gasteiger partial charge < -0.3 is 5.11 Å². The van der Waals surface area contributed by atoms with Crippen molar-refractivity contribution in [2.75, 3.05) is 4.72 Å². The minimum Gasteiger partial charge on any atom is -0.506 e. The van der Waals surface area contributed by atoms with E-state index in [-0.39, 0.29) is 21.4 Å². The Morgan fingerprint density at radius 3 is 2.45 bits per heavy atom.